The second kappa shape index (κ2) is 5.67. The first-order chi connectivity index (χ1) is 8.08. The molecule has 4 heteroatoms. The third-order valence-corrected chi connectivity index (χ3v) is 2.01. The predicted molar refractivity (Wildman–Crippen MR) is 61.3 cm³/mol. The van der Waals surface area contributed by atoms with Gasteiger partial charge >= 0.3 is 0 Å². The summed E-state index contributed by atoms with van der Waals surface area (Å²) in [5.41, 5.74) is 0.316. The number of carbonyl (C=O) groups is 1. The van der Waals surface area contributed by atoms with E-state index in [1.54, 1.807) is 36.4 Å². The van der Waals surface area contributed by atoms with Gasteiger partial charge in [-0.1, -0.05) is 12.1 Å². The van der Waals surface area contributed by atoms with E-state index < -0.39 is 11.7 Å². The Hall–Kier alpha value is -2.33. The van der Waals surface area contributed by atoms with Gasteiger partial charge in [-0.2, -0.15) is 10.5 Å². The van der Waals surface area contributed by atoms with Crippen molar-refractivity contribution in [2.24, 2.45) is 5.92 Å². The maximum atomic E-state index is 11.7. The summed E-state index contributed by atoms with van der Waals surface area (Å²) in [4.78, 5) is 11.7. The van der Waals surface area contributed by atoms with Crippen molar-refractivity contribution < 1.29 is 9.53 Å². The fraction of sp³-hybridized carbons (Fsp3) is 0.308. The zero-order valence-corrected chi connectivity index (χ0v) is 9.68. The maximum absolute atomic E-state index is 11.7. The molecule has 1 rings (SSSR count). The molecule has 17 heavy (non-hydrogen) atoms. The lowest BCUT2D eigenvalue weighted by molar-refractivity contribution is 0.0970. The Morgan fingerprint density at radius 2 is 1.94 bits per heavy atom. The largest absolute Gasteiger partial charge is 0.491 e. The van der Waals surface area contributed by atoms with E-state index in [9.17, 15) is 4.79 Å². The highest BCUT2D eigenvalue weighted by Crippen LogP contribution is 2.17. The lowest BCUT2D eigenvalue weighted by atomic mass is 10.0. The third kappa shape index (κ3) is 3.32. The highest BCUT2D eigenvalue weighted by atomic mass is 16.5. The molecule has 0 saturated carbocycles. The second-order valence-corrected chi connectivity index (χ2v) is 3.75. The first-order valence-corrected chi connectivity index (χ1v) is 5.18. The average molecular weight is 228 g/mol. The van der Waals surface area contributed by atoms with Crippen molar-refractivity contribution in [2.75, 3.05) is 0 Å². The molecule has 0 aromatic heterocycles. The lowest BCUT2D eigenvalue weighted by Crippen LogP contribution is -2.11. The summed E-state index contributed by atoms with van der Waals surface area (Å²) in [5, 5.41) is 17.3. The number of nitriles is 2. The lowest BCUT2D eigenvalue weighted by Gasteiger charge is -2.10. The first-order valence-electron chi connectivity index (χ1n) is 5.18. The van der Waals surface area contributed by atoms with Gasteiger partial charge in [-0.25, -0.2) is 0 Å². The molecule has 1 aromatic rings. The van der Waals surface area contributed by atoms with E-state index >= 15 is 0 Å². The minimum Gasteiger partial charge on any atom is -0.491 e. The molecule has 0 heterocycles. The van der Waals surface area contributed by atoms with Gasteiger partial charge in [0.15, 0.2) is 11.7 Å². The summed E-state index contributed by atoms with van der Waals surface area (Å²) < 4.78 is 5.43. The van der Waals surface area contributed by atoms with Crippen LogP contribution in [0.2, 0.25) is 0 Å². The van der Waals surface area contributed by atoms with Gasteiger partial charge in [0.1, 0.15) is 5.75 Å². The molecule has 0 aliphatic carbocycles. The van der Waals surface area contributed by atoms with E-state index in [0.717, 1.165) is 0 Å². The molecule has 0 amide bonds. The van der Waals surface area contributed by atoms with Crippen LogP contribution in [0.25, 0.3) is 0 Å². The molecule has 0 spiro atoms. The molecular formula is C13H12N2O2. The van der Waals surface area contributed by atoms with E-state index in [2.05, 4.69) is 0 Å². The van der Waals surface area contributed by atoms with Gasteiger partial charge in [-0.15, -0.1) is 0 Å². The maximum Gasteiger partial charge on any atom is 0.195 e. The molecular weight excluding hydrogens is 216 g/mol. The van der Waals surface area contributed by atoms with Crippen molar-refractivity contribution in [3.05, 3.63) is 29.8 Å². The van der Waals surface area contributed by atoms with E-state index in [4.69, 9.17) is 15.3 Å². The quantitative estimate of drug-likeness (QED) is 0.741. The monoisotopic (exact) mass is 228 g/mol. The highest BCUT2D eigenvalue weighted by molar-refractivity contribution is 6.01. The number of ketones is 1. The molecule has 0 N–H and O–H groups in total. The molecule has 0 aliphatic heterocycles. The number of Topliss-reactive ketones (excluding diaryl/α,β-unsaturated/α-hetero) is 1. The molecule has 0 radical (unpaired) electrons. The summed E-state index contributed by atoms with van der Waals surface area (Å²) in [7, 11) is 0. The Kier molecular flexibility index (Phi) is 4.25. The molecule has 0 saturated heterocycles. The molecule has 0 fully saturated rings. The van der Waals surface area contributed by atoms with Gasteiger partial charge in [0.2, 0.25) is 0 Å². The van der Waals surface area contributed by atoms with Crippen LogP contribution in [0.15, 0.2) is 24.3 Å². The number of hydrogen-bond acceptors (Lipinski definition) is 4. The van der Waals surface area contributed by atoms with Crippen LogP contribution in [-0.4, -0.2) is 11.9 Å². The molecule has 0 aliphatic rings. The van der Waals surface area contributed by atoms with E-state index in [1.807, 2.05) is 13.8 Å². The second-order valence-electron chi connectivity index (χ2n) is 3.75. The fourth-order valence-electron chi connectivity index (χ4n) is 1.31. The van der Waals surface area contributed by atoms with Crippen LogP contribution in [0.5, 0.6) is 5.75 Å². The van der Waals surface area contributed by atoms with Crippen molar-refractivity contribution in [3.8, 4) is 17.9 Å². The third-order valence-electron chi connectivity index (χ3n) is 2.01. The van der Waals surface area contributed by atoms with Crippen molar-refractivity contribution in [3.63, 3.8) is 0 Å². The van der Waals surface area contributed by atoms with Crippen LogP contribution < -0.4 is 4.74 Å². The summed E-state index contributed by atoms with van der Waals surface area (Å²) >= 11 is 0. The van der Waals surface area contributed by atoms with E-state index in [-0.39, 0.29) is 6.10 Å². The van der Waals surface area contributed by atoms with Crippen molar-refractivity contribution in [2.45, 2.75) is 20.0 Å². The Balaban J connectivity index is 2.97. The molecule has 0 atom stereocenters. The van der Waals surface area contributed by atoms with Crippen molar-refractivity contribution >= 4 is 5.78 Å². The van der Waals surface area contributed by atoms with Crippen LogP contribution in [0.4, 0.5) is 0 Å². The standard InChI is InChI=1S/C13H12N2O2/c1-9(2)17-12-5-3-4-10(6-12)13(16)11(7-14)8-15/h3-6,9,11H,1-2H3. The van der Waals surface area contributed by atoms with E-state index in [1.165, 1.54) is 0 Å². The topological polar surface area (TPSA) is 73.9 Å². The van der Waals surface area contributed by atoms with Gasteiger partial charge in [-0.05, 0) is 26.0 Å². The molecule has 0 unspecified atom stereocenters. The molecule has 4 nitrogen and oxygen atoms in total. The van der Waals surface area contributed by atoms with Crippen LogP contribution in [0.1, 0.15) is 24.2 Å². The van der Waals surface area contributed by atoms with Crippen LogP contribution in [0.3, 0.4) is 0 Å². The van der Waals surface area contributed by atoms with Gasteiger partial charge in [0.25, 0.3) is 0 Å². The number of hydrogen-bond donors (Lipinski definition) is 0. The van der Waals surface area contributed by atoms with E-state index in [0.29, 0.717) is 11.3 Å². The average Bonchev–Trinajstić information content (AvgIpc) is 2.30. The zero-order chi connectivity index (χ0) is 12.8. The minimum atomic E-state index is -1.26. The first kappa shape index (κ1) is 12.7. The highest BCUT2D eigenvalue weighted by Gasteiger charge is 2.19. The van der Waals surface area contributed by atoms with Gasteiger partial charge in [-0.3, -0.25) is 4.79 Å². The molecule has 86 valence electrons. The van der Waals surface area contributed by atoms with Crippen LogP contribution in [0, 0.1) is 28.6 Å². The smallest absolute Gasteiger partial charge is 0.195 e. The summed E-state index contributed by atoms with van der Waals surface area (Å²) in [5.74, 6) is -1.20. The molecule has 0 bridgehead atoms. The van der Waals surface area contributed by atoms with Gasteiger partial charge in [0, 0.05) is 5.56 Å². The van der Waals surface area contributed by atoms with Gasteiger partial charge in [0.05, 0.1) is 18.2 Å². The number of benzene rings is 1. The zero-order valence-electron chi connectivity index (χ0n) is 9.68. The minimum absolute atomic E-state index is 0.00285. The van der Waals surface area contributed by atoms with Crippen molar-refractivity contribution in [1.29, 1.82) is 10.5 Å². The number of nitrogens with zero attached hydrogens (tertiary/aromatic N) is 2. The van der Waals surface area contributed by atoms with Crippen LogP contribution in [-0.2, 0) is 0 Å². The Bertz CT molecular complexity index is 481. The Labute approximate surface area is 100 Å². The Morgan fingerprint density at radius 1 is 1.29 bits per heavy atom. The summed E-state index contributed by atoms with van der Waals surface area (Å²) in [6.45, 7) is 3.75. The Morgan fingerprint density at radius 3 is 2.47 bits per heavy atom. The SMILES string of the molecule is CC(C)Oc1cccc(C(=O)C(C#N)C#N)c1. The number of carbonyl (C=O) groups excluding carboxylic acids is 1. The fourth-order valence-corrected chi connectivity index (χ4v) is 1.31. The summed E-state index contributed by atoms with van der Waals surface area (Å²) in [6.07, 6.45) is 0.00285. The van der Waals surface area contributed by atoms with Gasteiger partial charge < -0.3 is 4.74 Å². The summed E-state index contributed by atoms with van der Waals surface area (Å²) in [6, 6.07) is 9.82. The number of rotatable bonds is 4. The number of ether oxygens (including phenoxy) is 1. The normalized spacial score (nSPS) is 9.76. The molecule has 1 aromatic carbocycles. The van der Waals surface area contributed by atoms with Crippen molar-refractivity contribution in [1.82, 2.24) is 0 Å². The predicted octanol–water partition coefficient (Wildman–Crippen LogP) is 2.32. The van der Waals surface area contributed by atoms with Crippen LogP contribution >= 0.6 is 0 Å².